The van der Waals surface area contributed by atoms with Gasteiger partial charge in [0.05, 0.1) is 0 Å². The van der Waals surface area contributed by atoms with E-state index in [4.69, 9.17) is 4.52 Å². The van der Waals surface area contributed by atoms with Gasteiger partial charge in [0.1, 0.15) is 5.69 Å². The Morgan fingerprint density at radius 2 is 1.55 bits per heavy atom. The number of rotatable bonds is 6. The minimum atomic E-state index is -3.81. The molecule has 0 spiro atoms. The first kappa shape index (κ1) is 26.2. The fourth-order valence-corrected chi connectivity index (χ4v) is 6.92. The highest BCUT2D eigenvalue weighted by Crippen LogP contribution is 2.30. The summed E-state index contributed by atoms with van der Waals surface area (Å²) in [4.78, 5) is 17.6. The molecule has 0 radical (unpaired) electrons. The van der Waals surface area contributed by atoms with Gasteiger partial charge in [-0.05, 0) is 50.5 Å². The molecule has 3 aromatic rings. The standard InChI is InChI=1S/C29H34N4O4S/c1-22-8-10-24(11-9-22)12-13-27-28(23(2)30-37-27)38(35,36)33-16-14-25(15-17-33)29(34)32-20-18-31(19-21-32)26-6-4-3-5-7-26/h3-13,25H,14-21H2,1-2H3. The molecule has 0 unspecified atom stereocenters. The lowest BCUT2D eigenvalue weighted by Gasteiger charge is -2.39. The van der Waals surface area contributed by atoms with Gasteiger partial charge in [-0.15, -0.1) is 0 Å². The van der Waals surface area contributed by atoms with Crippen LogP contribution in [-0.2, 0) is 14.8 Å². The largest absolute Gasteiger partial charge is 0.368 e. The second-order valence-electron chi connectivity index (χ2n) is 10.0. The molecule has 0 bridgehead atoms. The number of hydrogen-bond acceptors (Lipinski definition) is 6. The van der Waals surface area contributed by atoms with Crippen LogP contribution in [0, 0.1) is 19.8 Å². The van der Waals surface area contributed by atoms with Gasteiger partial charge in [0.2, 0.25) is 15.9 Å². The first-order chi connectivity index (χ1) is 18.3. The zero-order valence-corrected chi connectivity index (χ0v) is 22.7. The molecule has 8 nitrogen and oxygen atoms in total. The molecule has 0 N–H and O–H groups in total. The maximum absolute atomic E-state index is 13.6. The van der Waals surface area contributed by atoms with Crippen LogP contribution in [0.1, 0.15) is 35.4 Å². The average Bonchev–Trinajstić information content (AvgIpc) is 3.34. The number of sulfonamides is 1. The third kappa shape index (κ3) is 5.54. The van der Waals surface area contributed by atoms with Gasteiger partial charge in [-0.25, -0.2) is 8.42 Å². The van der Waals surface area contributed by atoms with Crippen LogP contribution in [0.15, 0.2) is 64.0 Å². The third-order valence-corrected chi connectivity index (χ3v) is 9.51. The molecule has 38 heavy (non-hydrogen) atoms. The number of aryl methyl sites for hydroxylation is 2. The number of piperazine rings is 1. The van der Waals surface area contributed by atoms with Gasteiger partial charge < -0.3 is 14.3 Å². The van der Waals surface area contributed by atoms with Gasteiger partial charge in [0.15, 0.2) is 10.7 Å². The van der Waals surface area contributed by atoms with Crippen molar-refractivity contribution in [1.29, 1.82) is 0 Å². The van der Waals surface area contributed by atoms with Crippen LogP contribution in [0.4, 0.5) is 5.69 Å². The number of amides is 1. The van der Waals surface area contributed by atoms with Crippen LogP contribution < -0.4 is 4.90 Å². The average molecular weight is 535 g/mol. The molecule has 0 aliphatic carbocycles. The first-order valence-electron chi connectivity index (χ1n) is 13.1. The number of carbonyl (C=O) groups excluding carboxylic acids is 1. The quantitative estimate of drug-likeness (QED) is 0.471. The van der Waals surface area contributed by atoms with Crippen LogP contribution >= 0.6 is 0 Å². The molecule has 2 aliphatic rings. The second-order valence-corrected chi connectivity index (χ2v) is 11.9. The van der Waals surface area contributed by atoms with Crippen LogP contribution in [0.5, 0.6) is 0 Å². The highest BCUT2D eigenvalue weighted by Gasteiger charge is 2.37. The number of hydrogen-bond donors (Lipinski definition) is 0. The van der Waals surface area contributed by atoms with Gasteiger partial charge in [-0.1, -0.05) is 59.3 Å². The van der Waals surface area contributed by atoms with E-state index in [1.807, 2.05) is 60.4 Å². The van der Waals surface area contributed by atoms with E-state index >= 15 is 0 Å². The Hall–Kier alpha value is -3.43. The summed E-state index contributed by atoms with van der Waals surface area (Å²) in [6, 6.07) is 18.2. The van der Waals surface area contributed by atoms with Crippen molar-refractivity contribution in [3.8, 4) is 0 Å². The van der Waals surface area contributed by atoms with Crippen molar-refractivity contribution in [2.45, 2.75) is 31.6 Å². The van der Waals surface area contributed by atoms with Crippen molar-refractivity contribution in [2.24, 2.45) is 5.92 Å². The molecule has 0 atom stereocenters. The molecule has 2 aromatic carbocycles. The minimum absolute atomic E-state index is 0.0997. The Labute approximate surface area is 224 Å². The van der Waals surface area contributed by atoms with E-state index in [1.165, 1.54) is 9.99 Å². The number of aromatic nitrogens is 1. The summed E-state index contributed by atoms with van der Waals surface area (Å²) < 4.78 is 34.0. The van der Waals surface area contributed by atoms with Crippen molar-refractivity contribution >= 4 is 33.8 Å². The molecule has 1 amide bonds. The molecule has 2 fully saturated rings. The summed E-state index contributed by atoms with van der Waals surface area (Å²) in [5.74, 6) is 0.199. The van der Waals surface area contributed by atoms with Crippen molar-refractivity contribution in [3.63, 3.8) is 0 Å². The fraction of sp³-hybridized carbons (Fsp3) is 0.379. The molecule has 9 heteroatoms. The van der Waals surface area contributed by atoms with Crippen molar-refractivity contribution in [3.05, 3.63) is 77.2 Å². The van der Waals surface area contributed by atoms with E-state index in [2.05, 4.69) is 22.2 Å². The van der Waals surface area contributed by atoms with Gasteiger partial charge >= 0.3 is 0 Å². The van der Waals surface area contributed by atoms with Crippen molar-refractivity contribution < 1.29 is 17.7 Å². The topological polar surface area (TPSA) is 87.0 Å². The summed E-state index contributed by atoms with van der Waals surface area (Å²) in [5.41, 5.74) is 3.60. The van der Waals surface area contributed by atoms with Gasteiger partial charge in [0.25, 0.3) is 0 Å². The van der Waals surface area contributed by atoms with Crippen LogP contribution in [-0.4, -0.2) is 68.0 Å². The normalized spacial score (nSPS) is 17.8. The van der Waals surface area contributed by atoms with Crippen LogP contribution in [0.25, 0.3) is 12.2 Å². The van der Waals surface area contributed by atoms with E-state index in [1.54, 1.807) is 13.0 Å². The second kappa shape index (κ2) is 11.1. The zero-order valence-electron chi connectivity index (χ0n) is 21.9. The highest BCUT2D eigenvalue weighted by molar-refractivity contribution is 7.89. The monoisotopic (exact) mass is 534 g/mol. The van der Waals surface area contributed by atoms with E-state index in [-0.39, 0.29) is 22.5 Å². The van der Waals surface area contributed by atoms with E-state index < -0.39 is 10.0 Å². The maximum atomic E-state index is 13.6. The van der Waals surface area contributed by atoms with Crippen molar-refractivity contribution in [2.75, 3.05) is 44.2 Å². The zero-order chi connectivity index (χ0) is 26.7. The molecular formula is C29H34N4O4S. The number of carbonyl (C=O) groups is 1. The highest BCUT2D eigenvalue weighted by atomic mass is 32.2. The lowest BCUT2D eigenvalue weighted by Crippen LogP contribution is -2.52. The van der Waals surface area contributed by atoms with Crippen molar-refractivity contribution in [1.82, 2.24) is 14.4 Å². The number of anilines is 1. The molecule has 2 aliphatic heterocycles. The van der Waals surface area contributed by atoms with E-state index in [9.17, 15) is 13.2 Å². The molecule has 1 aromatic heterocycles. The number of benzene rings is 2. The van der Waals surface area contributed by atoms with E-state index in [0.29, 0.717) is 44.7 Å². The number of nitrogens with zero attached hydrogens (tertiary/aromatic N) is 4. The Bertz CT molecular complexity index is 1380. The molecule has 0 saturated carbocycles. The molecule has 5 rings (SSSR count). The third-order valence-electron chi connectivity index (χ3n) is 7.45. The Morgan fingerprint density at radius 3 is 2.21 bits per heavy atom. The molecule has 2 saturated heterocycles. The Balaban J connectivity index is 1.20. The molecule has 200 valence electrons. The smallest absolute Gasteiger partial charge is 0.248 e. The maximum Gasteiger partial charge on any atom is 0.248 e. The molecular weight excluding hydrogens is 500 g/mol. The summed E-state index contributed by atoms with van der Waals surface area (Å²) in [7, 11) is -3.81. The summed E-state index contributed by atoms with van der Waals surface area (Å²) in [5, 5.41) is 3.94. The predicted octanol–water partition coefficient (Wildman–Crippen LogP) is 4.21. The number of piperidine rings is 1. The first-order valence-corrected chi connectivity index (χ1v) is 14.6. The summed E-state index contributed by atoms with van der Waals surface area (Å²) in [6.07, 6.45) is 4.50. The van der Waals surface area contributed by atoms with Gasteiger partial charge in [-0.3, -0.25) is 4.79 Å². The summed E-state index contributed by atoms with van der Waals surface area (Å²) >= 11 is 0. The minimum Gasteiger partial charge on any atom is -0.368 e. The van der Waals surface area contributed by atoms with Gasteiger partial charge in [-0.2, -0.15) is 4.31 Å². The number of para-hydroxylation sites is 1. The SMILES string of the molecule is Cc1ccc(C=Cc2onc(C)c2S(=O)(=O)N2CCC(C(=O)N3CCN(c4ccccc4)CC3)CC2)cc1. The lowest BCUT2D eigenvalue weighted by atomic mass is 9.96. The molecule has 3 heterocycles. The Morgan fingerprint density at radius 1 is 0.895 bits per heavy atom. The van der Waals surface area contributed by atoms with Crippen LogP contribution in [0.2, 0.25) is 0 Å². The predicted molar refractivity (Wildman–Crippen MR) is 148 cm³/mol. The van der Waals surface area contributed by atoms with E-state index in [0.717, 1.165) is 24.2 Å². The van der Waals surface area contributed by atoms with Gasteiger partial charge in [0, 0.05) is 50.9 Å². The summed E-state index contributed by atoms with van der Waals surface area (Å²) in [6.45, 7) is 7.23. The fourth-order valence-electron chi connectivity index (χ4n) is 5.20. The van der Waals surface area contributed by atoms with Crippen LogP contribution in [0.3, 0.4) is 0 Å². The lowest BCUT2D eigenvalue weighted by molar-refractivity contribution is -0.137. The Kier molecular flexibility index (Phi) is 7.67.